The molecule has 0 radical (unpaired) electrons. The van der Waals surface area contributed by atoms with E-state index in [4.69, 9.17) is 10.5 Å². The fraction of sp³-hybridized carbons (Fsp3) is 0.667. The second-order valence-electron chi connectivity index (χ2n) is 4.03. The van der Waals surface area contributed by atoms with Gasteiger partial charge in [-0.25, -0.2) is 0 Å². The lowest BCUT2D eigenvalue weighted by Gasteiger charge is -2.16. The van der Waals surface area contributed by atoms with Crippen molar-refractivity contribution in [2.45, 2.75) is 25.3 Å². The lowest BCUT2D eigenvalue weighted by atomic mass is 10.0. The van der Waals surface area contributed by atoms with Gasteiger partial charge in [0.25, 0.3) is 0 Å². The molecule has 0 spiro atoms. The van der Waals surface area contributed by atoms with Crippen molar-refractivity contribution in [3.05, 3.63) is 10.8 Å². The molecular formula is C9H13N5OS. The zero-order valence-corrected chi connectivity index (χ0v) is 9.83. The molecule has 0 amide bonds. The van der Waals surface area contributed by atoms with Crippen LogP contribution in [0.2, 0.25) is 0 Å². The number of hydrogen-bond donors (Lipinski definition) is 1. The minimum Gasteiger partial charge on any atom is -0.379 e. The van der Waals surface area contributed by atoms with Crippen molar-refractivity contribution < 1.29 is 4.74 Å². The molecule has 2 N–H and O–H groups in total. The summed E-state index contributed by atoms with van der Waals surface area (Å²) in [4.78, 5) is 0.809. The predicted octanol–water partition coefficient (Wildman–Crippen LogP) is 0.322. The number of ether oxygens (including phenoxy) is 1. The second kappa shape index (κ2) is 3.47. The van der Waals surface area contributed by atoms with Crippen LogP contribution < -0.4 is 5.73 Å². The third kappa shape index (κ3) is 1.35. The first-order chi connectivity index (χ1) is 7.73. The summed E-state index contributed by atoms with van der Waals surface area (Å²) in [5.74, 6) is 0.875. The van der Waals surface area contributed by atoms with Gasteiger partial charge in [0.15, 0.2) is 5.82 Å². The molecule has 16 heavy (non-hydrogen) atoms. The summed E-state index contributed by atoms with van der Waals surface area (Å²) in [6.07, 6.45) is 1.64. The Morgan fingerprint density at radius 2 is 2.44 bits per heavy atom. The lowest BCUT2D eigenvalue weighted by molar-refractivity contribution is 0.178. The van der Waals surface area contributed by atoms with Crippen molar-refractivity contribution in [3.8, 4) is 0 Å². The average Bonchev–Trinajstić information content (AvgIpc) is 2.91. The maximum Gasteiger partial charge on any atom is 0.234 e. The first-order valence-electron chi connectivity index (χ1n) is 5.31. The van der Waals surface area contributed by atoms with Gasteiger partial charge in [0, 0.05) is 13.0 Å². The zero-order valence-electron chi connectivity index (χ0n) is 9.01. The standard InChI is InChI=1S/C9H13N5OS/c1-2-6-11-12-8-14(6)13-7(16-8)9(10)3-4-15-5-9/h2-5,10H2,1H3. The Morgan fingerprint density at radius 1 is 1.56 bits per heavy atom. The number of aromatic nitrogens is 4. The molecule has 1 aliphatic rings. The van der Waals surface area contributed by atoms with E-state index in [9.17, 15) is 0 Å². The third-order valence-electron chi connectivity index (χ3n) is 2.85. The Morgan fingerprint density at radius 3 is 3.12 bits per heavy atom. The van der Waals surface area contributed by atoms with Crippen LogP contribution in [0.3, 0.4) is 0 Å². The van der Waals surface area contributed by atoms with Crippen molar-refractivity contribution in [1.29, 1.82) is 0 Å². The van der Waals surface area contributed by atoms with Crippen LogP contribution in [0.15, 0.2) is 0 Å². The van der Waals surface area contributed by atoms with Gasteiger partial charge in [-0.3, -0.25) is 0 Å². The molecule has 1 fully saturated rings. The van der Waals surface area contributed by atoms with E-state index in [0.717, 1.165) is 28.6 Å². The summed E-state index contributed by atoms with van der Waals surface area (Å²) in [6.45, 7) is 3.28. The summed E-state index contributed by atoms with van der Waals surface area (Å²) < 4.78 is 7.12. The van der Waals surface area contributed by atoms with E-state index in [1.807, 2.05) is 6.92 Å². The fourth-order valence-electron chi connectivity index (χ4n) is 1.83. The van der Waals surface area contributed by atoms with E-state index in [2.05, 4.69) is 15.3 Å². The second-order valence-corrected chi connectivity index (χ2v) is 4.99. The highest BCUT2D eigenvalue weighted by Gasteiger charge is 2.36. The Bertz CT molecular complexity index is 513. The van der Waals surface area contributed by atoms with Gasteiger partial charge in [-0.2, -0.15) is 9.61 Å². The molecule has 0 aliphatic carbocycles. The summed E-state index contributed by atoms with van der Waals surface area (Å²) >= 11 is 1.50. The minimum atomic E-state index is -0.434. The molecule has 86 valence electrons. The van der Waals surface area contributed by atoms with Crippen LogP contribution in [-0.2, 0) is 16.7 Å². The number of aryl methyl sites for hydroxylation is 1. The average molecular weight is 239 g/mol. The molecule has 0 bridgehead atoms. The van der Waals surface area contributed by atoms with Gasteiger partial charge in [-0.1, -0.05) is 18.3 Å². The first-order valence-corrected chi connectivity index (χ1v) is 6.13. The number of nitrogens with two attached hydrogens (primary N) is 1. The Balaban J connectivity index is 2.08. The lowest BCUT2D eigenvalue weighted by Crippen LogP contribution is -2.37. The number of nitrogens with zero attached hydrogens (tertiary/aromatic N) is 4. The van der Waals surface area contributed by atoms with Crippen molar-refractivity contribution in [1.82, 2.24) is 19.8 Å². The van der Waals surface area contributed by atoms with Crippen LogP contribution in [0.5, 0.6) is 0 Å². The van der Waals surface area contributed by atoms with Crippen LogP contribution >= 0.6 is 11.3 Å². The van der Waals surface area contributed by atoms with Crippen LogP contribution in [0.25, 0.3) is 4.96 Å². The monoisotopic (exact) mass is 239 g/mol. The fourth-order valence-corrected chi connectivity index (χ4v) is 2.80. The van der Waals surface area contributed by atoms with Crippen LogP contribution in [0.4, 0.5) is 0 Å². The van der Waals surface area contributed by atoms with E-state index >= 15 is 0 Å². The molecule has 1 aliphatic heterocycles. The third-order valence-corrected chi connectivity index (χ3v) is 3.97. The smallest absolute Gasteiger partial charge is 0.234 e. The van der Waals surface area contributed by atoms with Gasteiger partial charge in [-0.05, 0) is 6.42 Å². The number of fused-ring (bicyclic) bond motifs is 1. The molecule has 1 atom stereocenters. The zero-order chi connectivity index (χ0) is 11.2. The van der Waals surface area contributed by atoms with Crippen molar-refractivity contribution in [2.75, 3.05) is 13.2 Å². The van der Waals surface area contributed by atoms with Gasteiger partial charge in [0.2, 0.25) is 4.96 Å². The maximum absolute atomic E-state index is 6.26. The Hall–Kier alpha value is -1.05. The SMILES string of the molecule is CCc1nnc2sc(C3(N)CCOC3)nn12. The molecule has 1 unspecified atom stereocenters. The number of hydrogen-bond acceptors (Lipinski definition) is 6. The molecule has 2 aromatic heterocycles. The molecule has 3 heterocycles. The normalized spacial score (nSPS) is 25.6. The number of rotatable bonds is 2. The van der Waals surface area contributed by atoms with Crippen LogP contribution in [-0.4, -0.2) is 33.0 Å². The van der Waals surface area contributed by atoms with Gasteiger partial charge < -0.3 is 10.5 Å². The quantitative estimate of drug-likeness (QED) is 0.816. The molecular weight excluding hydrogens is 226 g/mol. The van der Waals surface area contributed by atoms with E-state index in [1.165, 1.54) is 11.3 Å². The summed E-state index contributed by atoms with van der Waals surface area (Å²) in [5.41, 5.74) is 5.82. The Labute approximate surface area is 96.4 Å². The summed E-state index contributed by atoms with van der Waals surface area (Å²) in [7, 11) is 0. The molecule has 7 heteroatoms. The predicted molar refractivity (Wildman–Crippen MR) is 59.3 cm³/mol. The van der Waals surface area contributed by atoms with Gasteiger partial charge in [0.1, 0.15) is 5.01 Å². The van der Waals surface area contributed by atoms with Crippen LogP contribution in [0, 0.1) is 0 Å². The molecule has 0 aromatic carbocycles. The largest absolute Gasteiger partial charge is 0.379 e. The van der Waals surface area contributed by atoms with Crippen molar-refractivity contribution in [2.24, 2.45) is 5.73 Å². The first kappa shape index (κ1) is 10.1. The van der Waals surface area contributed by atoms with Gasteiger partial charge >= 0.3 is 0 Å². The summed E-state index contributed by atoms with van der Waals surface area (Å²) in [5, 5.41) is 13.5. The molecule has 2 aromatic rings. The highest BCUT2D eigenvalue weighted by molar-refractivity contribution is 7.16. The summed E-state index contributed by atoms with van der Waals surface area (Å²) in [6, 6.07) is 0. The van der Waals surface area contributed by atoms with E-state index in [1.54, 1.807) is 4.52 Å². The minimum absolute atomic E-state index is 0.434. The van der Waals surface area contributed by atoms with E-state index in [0.29, 0.717) is 13.2 Å². The van der Waals surface area contributed by atoms with Crippen molar-refractivity contribution in [3.63, 3.8) is 0 Å². The molecule has 0 saturated carbocycles. The highest BCUT2D eigenvalue weighted by Crippen LogP contribution is 2.30. The molecule has 3 rings (SSSR count). The maximum atomic E-state index is 6.26. The molecule has 6 nitrogen and oxygen atoms in total. The highest BCUT2D eigenvalue weighted by atomic mass is 32.1. The molecule has 1 saturated heterocycles. The topological polar surface area (TPSA) is 78.3 Å². The van der Waals surface area contributed by atoms with Gasteiger partial charge in [0.05, 0.1) is 12.1 Å². The van der Waals surface area contributed by atoms with E-state index in [-0.39, 0.29) is 0 Å². The van der Waals surface area contributed by atoms with Crippen molar-refractivity contribution >= 4 is 16.3 Å². The Kier molecular flexibility index (Phi) is 2.20. The van der Waals surface area contributed by atoms with E-state index < -0.39 is 5.54 Å². The van der Waals surface area contributed by atoms with Gasteiger partial charge in [-0.15, -0.1) is 10.2 Å². The van der Waals surface area contributed by atoms with Crippen LogP contribution in [0.1, 0.15) is 24.2 Å².